The van der Waals surface area contributed by atoms with Crippen molar-refractivity contribution in [3.8, 4) is 0 Å². The average molecular weight is 266 g/mol. The van der Waals surface area contributed by atoms with Crippen LogP contribution in [0, 0.1) is 11.3 Å². The minimum atomic E-state index is -0.0440. The van der Waals surface area contributed by atoms with Gasteiger partial charge in [-0.2, -0.15) is 0 Å². The summed E-state index contributed by atoms with van der Waals surface area (Å²) in [5.74, 6) is 0.718. The van der Waals surface area contributed by atoms with E-state index in [1.807, 2.05) is 0 Å². The number of rotatable bonds is 4. The predicted molar refractivity (Wildman–Crippen MR) is 79.3 cm³/mol. The summed E-state index contributed by atoms with van der Waals surface area (Å²) >= 11 is 0. The van der Waals surface area contributed by atoms with Crippen LogP contribution in [0.25, 0.3) is 0 Å². The van der Waals surface area contributed by atoms with Crippen molar-refractivity contribution in [2.24, 2.45) is 11.3 Å². The van der Waals surface area contributed by atoms with Crippen LogP contribution in [-0.2, 0) is 4.79 Å². The molecule has 2 rings (SSSR count). The van der Waals surface area contributed by atoms with Gasteiger partial charge >= 0.3 is 0 Å². The lowest BCUT2D eigenvalue weighted by Crippen LogP contribution is -2.52. The highest BCUT2D eigenvalue weighted by Crippen LogP contribution is 2.38. The summed E-state index contributed by atoms with van der Waals surface area (Å²) in [4.78, 5) is 16.7. The van der Waals surface area contributed by atoms with Crippen molar-refractivity contribution in [3.05, 3.63) is 0 Å². The lowest BCUT2D eigenvalue weighted by Gasteiger charge is -2.43. The lowest BCUT2D eigenvalue weighted by molar-refractivity contribution is -0.120. The maximum atomic E-state index is 11.6. The molecule has 2 fully saturated rings. The Kier molecular flexibility index (Phi) is 5.02. The van der Waals surface area contributed by atoms with E-state index < -0.39 is 0 Å². The van der Waals surface area contributed by atoms with E-state index in [9.17, 15) is 4.79 Å². The molecule has 1 heterocycles. The molecule has 0 aromatic rings. The van der Waals surface area contributed by atoms with Crippen molar-refractivity contribution in [3.63, 3.8) is 0 Å². The number of hydrogen-bond acceptors (Lipinski definition) is 3. The SMILES string of the molecule is CC1CCCC(C=O)(CN2CCN(C(C)C)CC2)C1. The summed E-state index contributed by atoms with van der Waals surface area (Å²) in [6.07, 6.45) is 6.01. The molecule has 1 aliphatic heterocycles. The predicted octanol–water partition coefficient (Wildman–Crippen LogP) is 2.41. The van der Waals surface area contributed by atoms with Gasteiger partial charge in [0.2, 0.25) is 0 Å². The van der Waals surface area contributed by atoms with Crippen molar-refractivity contribution in [1.29, 1.82) is 0 Å². The molecular formula is C16H30N2O. The van der Waals surface area contributed by atoms with E-state index >= 15 is 0 Å². The summed E-state index contributed by atoms with van der Waals surface area (Å²) in [6.45, 7) is 12.4. The fraction of sp³-hybridized carbons (Fsp3) is 0.938. The van der Waals surface area contributed by atoms with Crippen LogP contribution in [0.5, 0.6) is 0 Å². The summed E-state index contributed by atoms with van der Waals surface area (Å²) in [7, 11) is 0. The van der Waals surface area contributed by atoms with Crippen molar-refractivity contribution < 1.29 is 4.79 Å². The van der Waals surface area contributed by atoms with Gasteiger partial charge in [-0.05, 0) is 32.6 Å². The van der Waals surface area contributed by atoms with E-state index in [2.05, 4.69) is 30.6 Å². The molecule has 0 amide bonds. The quantitative estimate of drug-likeness (QED) is 0.730. The number of carbonyl (C=O) groups is 1. The fourth-order valence-electron chi connectivity index (χ4n) is 3.87. The minimum Gasteiger partial charge on any atom is -0.303 e. The summed E-state index contributed by atoms with van der Waals surface area (Å²) in [5.41, 5.74) is -0.0440. The second-order valence-electron chi connectivity index (χ2n) is 7.09. The highest BCUT2D eigenvalue weighted by molar-refractivity contribution is 5.60. The Hall–Kier alpha value is -0.410. The second kappa shape index (κ2) is 6.36. The minimum absolute atomic E-state index is 0.0440. The molecule has 0 N–H and O–H groups in total. The van der Waals surface area contributed by atoms with E-state index in [-0.39, 0.29) is 5.41 Å². The Morgan fingerprint density at radius 3 is 2.47 bits per heavy atom. The van der Waals surface area contributed by atoms with Gasteiger partial charge in [0.1, 0.15) is 6.29 Å². The van der Waals surface area contributed by atoms with Crippen LogP contribution < -0.4 is 0 Å². The van der Waals surface area contributed by atoms with E-state index in [0.29, 0.717) is 6.04 Å². The number of aldehydes is 1. The van der Waals surface area contributed by atoms with Crippen LogP contribution in [0.4, 0.5) is 0 Å². The molecular weight excluding hydrogens is 236 g/mol. The Morgan fingerprint density at radius 2 is 1.95 bits per heavy atom. The van der Waals surface area contributed by atoms with Crippen molar-refractivity contribution in [1.82, 2.24) is 9.80 Å². The number of carbonyl (C=O) groups excluding carboxylic acids is 1. The zero-order valence-corrected chi connectivity index (χ0v) is 12.9. The first-order chi connectivity index (χ1) is 9.04. The molecule has 2 atom stereocenters. The fourth-order valence-corrected chi connectivity index (χ4v) is 3.87. The van der Waals surface area contributed by atoms with Crippen molar-refractivity contribution >= 4 is 6.29 Å². The molecule has 3 heteroatoms. The van der Waals surface area contributed by atoms with E-state index in [1.165, 1.54) is 19.1 Å². The largest absolute Gasteiger partial charge is 0.303 e. The molecule has 1 saturated heterocycles. The highest BCUT2D eigenvalue weighted by atomic mass is 16.1. The monoisotopic (exact) mass is 266 g/mol. The molecule has 110 valence electrons. The smallest absolute Gasteiger partial charge is 0.127 e. The summed E-state index contributed by atoms with van der Waals surface area (Å²) in [5, 5.41) is 0. The van der Waals surface area contributed by atoms with Crippen LogP contribution in [0.15, 0.2) is 0 Å². The molecule has 0 bridgehead atoms. The van der Waals surface area contributed by atoms with Crippen LogP contribution >= 0.6 is 0 Å². The Balaban J connectivity index is 1.88. The normalized spacial score (nSPS) is 34.6. The van der Waals surface area contributed by atoms with Gasteiger partial charge in [-0.25, -0.2) is 0 Å². The van der Waals surface area contributed by atoms with Gasteiger partial charge in [-0.15, -0.1) is 0 Å². The van der Waals surface area contributed by atoms with Crippen LogP contribution in [0.2, 0.25) is 0 Å². The van der Waals surface area contributed by atoms with Crippen LogP contribution in [0.3, 0.4) is 0 Å². The van der Waals surface area contributed by atoms with E-state index in [4.69, 9.17) is 0 Å². The number of hydrogen-bond donors (Lipinski definition) is 0. The van der Waals surface area contributed by atoms with Gasteiger partial charge in [0.25, 0.3) is 0 Å². The van der Waals surface area contributed by atoms with Gasteiger partial charge in [0.15, 0.2) is 0 Å². The third-order valence-corrected chi connectivity index (χ3v) is 5.05. The molecule has 0 aromatic heterocycles. The standard InChI is InChI=1S/C16H30N2O/c1-14(2)18-9-7-17(8-10-18)12-16(13-19)6-4-5-15(3)11-16/h13-15H,4-12H2,1-3H3. The van der Waals surface area contributed by atoms with Gasteiger partial charge in [-0.1, -0.05) is 19.8 Å². The number of nitrogens with zero attached hydrogens (tertiary/aromatic N) is 2. The Labute approximate surface area is 118 Å². The van der Waals surface area contributed by atoms with Crippen molar-refractivity contribution in [2.45, 2.75) is 52.5 Å². The van der Waals surface area contributed by atoms with Crippen molar-refractivity contribution in [2.75, 3.05) is 32.7 Å². The molecule has 0 radical (unpaired) electrons. The molecule has 2 aliphatic rings. The molecule has 2 unspecified atom stereocenters. The molecule has 19 heavy (non-hydrogen) atoms. The molecule has 3 nitrogen and oxygen atoms in total. The zero-order valence-electron chi connectivity index (χ0n) is 12.9. The third kappa shape index (κ3) is 3.79. The third-order valence-electron chi connectivity index (χ3n) is 5.05. The maximum Gasteiger partial charge on any atom is 0.127 e. The summed E-state index contributed by atoms with van der Waals surface area (Å²) in [6, 6.07) is 0.650. The zero-order chi connectivity index (χ0) is 13.9. The Morgan fingerprint density at radius 1 is 1.26 bits per heavy atom. The van der Waals surface area contributed by atoms with Gasteiger partial charge in [-0.3, -0.25) is 9.80 Å². The summed E-state index contributed by atoms with van der Waals surface area (Å²) < 4.78 is 0. The first-order valence-electron chi connectivity index (χ1n) is 7.97. The average Bonchev–Trinajstić information content (AvgIpc) is 2.39. The second-order valence-corrected chi connectivity index (χ2v) is 7.09. The first kappa shape index (κ1) is 15.0. The molecule has 0 aromatic carbocycles. The molecule has 0 spiro atoms. The number of piperazine rings is 1. The van der Waals surface area contributed by atoms with E-state index in [1.54, 1.807) is 0 Å². The highest BCUT2D eigenvalue weighted by Gasteiger charge is 2.37. The van der Waals surface area contributed by atoms with Crippen LogP contribution in [-0.4, -0.2) is 54.9 Å². The van der Waals surface area contributed by atoms with Gasteiger partial charge in [0, 0.05) is 44.2 Å². The van der Waals surface area contributed by atoms with Gasteiger partial charge < -0.3 is 4.79 Å². The molecule has 1 saturated carbocycles. The van der Waals surface area contributed by atoms with Crippen LogP contribution in [0.1, 0.15) is 46.5 Å². The maximum absolute atomic E-state index is 11.6. The van der Waals surface area contributed by atoms with E-state index in [0.717, 1.165) is 51.5 Å². The topological polar surface area (TPSA) is 23.6 Å². The molecule has 1 aliphatic carbocycles. The lowest BCUT2D eigenvalue weighted by atomic mass is 9.70. The van der Waals surface area contributed by atoms with Gasteiger partial charge in [0.05, 0.1) is 0 Å². The first-order valence-corrected chi connectivity index (χ1v) is 7.97. The Bertz CT molecular complexity index is 297.